The van der Waals surface area contributed by atoms with E-state index in [9.17, 15) is 4.79 Å². The quantitative estimate of drug-likeness (QED) is 0.428. The van der Waals surface area contributed by atoms with Crippen molar-refractivity contribution in [2.24, 2.45) is 0 Å². The maximum Gasteiger partial charge on any atom is 0.319 e. The molecule has 37 heavy (non-hydrogen) atoms. The molecule has 6 rings (SSSR count). The maximum atomic E-state index is 14.1. The van der Waals surface area contributed by atoms with Crippen LogP contribution in [0.5, 0.6) is 23.4 Å². The summed E-state index contributed by atoms with van der Waals surface area (Å²) in [5.41, 5.74) is 2.49. The molecule has 0 saturated heterocycles. The molecule has 1 amide bonds. The Bertz CT molecular complexity index is 1440. The molecule has 3 aromatic rings. The minimum absolute atomic E-state index is 0.000754. The molecule has 192 valence electrons. The molecule has 3 aliphatic rings. The largest absolute Gasteiger partial charge is 0.480 e. The minimum atomic E-state index is -0.325. The summed E-state index contributed by atoms with van der Waals surface area (Å²) in [7, 11) is 3.02. The Morgan fingerprint density at radius 1 is 1.16 bits per heavy atom. The van der Waals surface area contributed by atoms with E-state index in [4.69, 9.17) is 35.5 Å². The van der Waals surface area contributed by atoms with Crippen molar-refractivity contribution in [2.45, 2.75) is 37.6 Å². The average Bonchev–Trinajstić information content (AvgIpc) is 3.67. The lowest BCUT2D eigenvalue weighted by Gasteiger charge is -2.31. The summed E-state index contributed by atoms with van der Waals surface area (Å²) < 4.78 is 24.6. The number of hydrogen-bond acceptors (Lipinski definition) is 9. The molecule has 0 fully saturated rings. The van der Waals surface area contributed by atoms with Gasteiger partial charge in [0.2, 0.25) is 12.7 Å². The van der Waals surface area contributed by atoms with E-state index >= 15 is 0 Å². The smallest absolute Gasteiger partial charge is 0.319 e. The number of carbonyl (C=O) groups excluding carboxylic acids is 1. The van der Waals surface area contributed by atoms with Crippen LogP contribution >= 0.6 is 23.4 Å². The number of methoxy groups -OCH3 is 2. The van der Waals surface area contributed by atoms with Gasteiger partial charge in [-0.2, -0.15) is 4.98 Å². The number of halogens is 1. The molecule has 0 aliphatic carbocycles. The van der Waals surface area contributed by atoms with Gasteiger partial charge in [-0.3, -0.25) is 9.69 Å². The van der Waals surface area contributed by atoms with Gasteiger partial charge in [0.25, 0.3) is 5.91 Å². The highest BCUT2D eigenvalue weighted by Crippen LogP contribution is 2.51. The SMILES string of the molecule is COc1ncc(-c2nc3c(n2C(C)C)[C@@H](C2CC=C(Cl)S2)N(c2ccc4c(c2)OCO4)C3=O)c(OC)n1. The van der Waals surface area contributed by atoms with Gasteiger partial charge < -0.3 is 23.5 Å². The van der Waals surface area contributed by atoms with Gasteiger partial charge in [0.15, 0.2) is 17.2 Å². The van der Waals surface area contributed by atoms with Crippen LogP contribution in [0.1, 0.15) is 48.5 Å². The van der Waals surface area contributed by atoms with Crippen LogP contribution in [0.2, 0.25) is 0 Å². The molecule has 0 N–H and O–H groups in total. The Kier molecular flexibility index (Phi) is 5.91. The van der Waals surface area contributed by atoms with Crippen LogP contribution in [-0.2, 0) is 0 Å². The van der Waals surface area contributed by atoms with Gasteiger partial charge in [0.1, 0.15) is 5.82 Å². The van der Waals surface area contributed by atoms with Crippen molar-refractivity contribution in [3.05, 3.63) is 46.2 Å². The molecule has 2 aromatic heterocycles. The number of rotatable bonds is 6. The number of imidazole rings is 1. The highest BCUT2D eigenvalue weighted by atomic mass is 35.5. The Morgan fingerprint density at radius 3 is 2.68 bits per heavy atom. The van der Waals surface area contributed by atoms with Crippen LogP contribution in [0.4, 0.5) is 5.69 Å². The number of aromatic nitrogens is 4. The van der Waals surface area contributed by atoms with Crippen LogP contribution in [0.25, 0.3) is 11.4 Å². The van der Waals surface area contributed by atoms with Crippen molar-refractivity contribution in [1.29, 1.82) is 0 Å². The first-order valence-corrected chi connectivity index (χ1v) is 13.0. The van der Waals surface area contributed by atoms with Crippen LogP contribution in [0.15, 0.2) is 34.8 Å². The van der Waals surface area contributed by atoms with Crippen molar-refractivity contribution in [3.63, 3.8) is 0 Å². The highest BCUT2D eigenvalue weighted by Gasteiger charge is 2.48. The third-order valence-corrected chi connectivity index (χ3v) is 8.12. The first kappa shape index (κ1) is 23.9. The van der Waals surface area contributed by atoms with Crippen LogP contribution in [-0.4, -0.2) is 51.7 Å². The lowest BCUT2D eigenvalue weighted by atomic mass is 10.1. The monoisotopic (exact) mass is 541 g/mol. The second-order valence-corrected chi connectivity index (χ2v) is 10.9. The molecular weight excluding hydrogens is 518 g/mol. The van der Waals surface area contributed by atoms with E-state index in [0.29, 0.717) is 40.1 Å². The number of benzene rings is 1. The van der Waals surface area contributed by atoms with Gasteiger partial charge >= 0.3 is 6.01 Å². The highest BCUT2D eigenvalue weighted by molar-refractivity contribution is 8.05. The number of hydrogen-bond donors (Lipinski definition) is 0. The van der Waals surface area contributed by atoms with Crippen LogP contribution in [0.3, 0.4) is 0 Å². The molecular formula is C25H24ClN5O5S. The number of anilines is 1. The fourth-order valence-electron chi connectivity index (χ4n) is 5.02. The van der Waals surface area contributed by atoms with Crippen LogP contribution < -0.4 is 23.8 Å². The Morgan fingerprint density at radius 2 is 1.97 bits per heavy atom. The van der Waals surface area contributed by atoms with E-state index < -0.39 is 0 Å². The number of ether oxygens (including phenoxy) is 4. The zero-order valence-corrected chi connectivity index (χ0v) is 22.2. The lowest BCUT2D eigenvalue weighted by molar-refractivity contribution is 0.0986. The van der Waals surface area contributed by atoms with E-state index in [0.717, 1.165) is 16.5 Å². The molecule has 0 bridgehead atoms. The summed E-state index contributed by atoms with van der Waals surface area (Å²) in [4.78, 5) is 29.3. The molecule has 0 saturated carbocycles. The summed E-state index contributed by atoms with van der Waals surface area (Å²) in [5.74, 6) is 1.94. The molecule has 5 heterocycles. The van der Waals surface area contributed by atoms with E-state index in [1.165, 1.54) is 14.2 Å². The van der Waals surface area contributed by atoms with E-state index in [1.807, 2.05) is 24.3 Å². The number of fused-ring (bicyclic) bond motifs is 2. The molecule has 3 aliphatic heterocycles. The average molecular weight is 542 g/mol. The first-order chi connectivity index (χ1) is 17.9. The maximum absolute atomic E-state index is 14.1. The minimum Gasteiger partial charge on any atom is -0.480 e. The summed E-state index contributed by atoms with van der Waals surface area (Å²) in [6.45, 7) is 4.27. The van der Waals surface area contributed by atoms with Gasteiger partial charge in [0, 0.05) is 29.2 Å². The van der Waals surface area contributed by atoms with Crippen molar-refractivity contribution < 1.29 is 23.7 Å². The van der Waals surface area contributed by atoms with E-state index in [1.54, 1.807) is 22.9 Å². The summed E-state index contributed by atoms with van der Waals surface area (Å²) in [6, 6.07) is 5.37. The number of nitrogens with zero attached hydrogens (tertiary/aromatic N) is 5. The van der Waals surface area contributed by atoms with E-state index in [2.05, 4.69) is 28.4 Å². The Balaban J connectivity index is 1.53. The van der Waals surface area contributed by atoms with Gasteiger partial charge in [-0.25, -0.2) is 9.97 Å². The van der Waals surface area contributed by atoms with Gasteiger partial charge in [-0.1, -0.05) is 17.7 Å². The first-order valence-electron chi connectivity index (χ1n) is 11.7. The number of allylic oxidation sites excluding steroid dienone is 1. The van der Waals surface area contributed by atoms with E-state index in [-0.39, 0.29) is 36.0 Å². The topological polar surface area (TPSA) is 101 Å². The molecule has 10 nitrogen and oxygen atoms in total. The Hall–Kier alpha value is -3.44. The van der Waals surface area contributed by atoms with Crippen molar-refractivity contribution >= 4 is 35.0 Å². The molecule has 12 heteroatoms. The summed E-state index contributed by atoms with van der Waals surface area (Å²) in [6.07, 6.45) is 4.32. The molecule has 0 radical (unpaired) electrons. The molecule has 0 spiro atoms. The van der Waals surface area contributed by atoms with Gasteiger partial charge in [0.05, 0.1) is 35.9 Å². The molecule has 1 unspecified atom stereocenters. The fraction of sp³-hybridized carbons (Fsp3) is 0.360. The number of thioether (sulfide) groups is 1. The zero-order chi connectivity index (χ0) is 25.8. The fourth-order valence-corrected chi connectivity index (χ4v) is 6.50. The number of amides is 1. The second kappa shape index (κ2) is 9.14. The molecule has 1 aromatic carbocycles. The second-order valence-electron chi connectivity index (χ2n) is 8.97. The third-order valence-electron chi connectivity index (χ3n) is 6.55. The Labute approximate surface area is 222 Å². The van der Waals surface area contributed by atoms with Crippen LogP contribution in [0, 0.1) is 0 Å². The van der Waals surface area contributed by atoms with Crippen molar-refractivity contribution in [1.82, 2.24) is 19.5 Å². The summed E-state index contributed by atoms with van der Waals surface area (Å²) >= 11 is 7.97. The standard InChI is InChI=1S/C25H24ClN5O5S/c1-12(2)30-21-19(28-22(30)14-10-27-25(34-4)29-23(14)33-3)24(32)31(20(21)17-7-8-18(26)37-17)13-5-6-15-16(9-13)36-11-35-15/h5-6,8-10,12,17,20H,7,11H2,1-4H3/t17?,20-/m1/s1. The third kappa shape index (κ3) is 3.79. The predicted octanol–water partition coefficient (Wildman–Crippen LogP) is 4.95. The molecule has 2 atom stereocenters. The van der Waals surface area contributed by atoms with Gasteiger partial charge in [-0.05, 0) is 32.4 Å². The van der Waals surface area contributed by atoms with Crippen molar-refractivity contribution in [3.8, 4) is 34.8 Å². The lowest BCUT2D eigenvalue weighted by Crippen LogP contribution is -2.34. The number of carbonyl (C=O) groups is 1. The normalized spacial score (nSPS) is 20.0. The zero-order valence-electron chi connectivity index (χ0n) is 20.6. The summed E-state index contributed by atoms with van der Waals surface area (Å²) in [5, 5.41) is -0.000754. The predicted molar refractivity (Wildman–Crippen MR) is 139 cm³/mol. The van der Waals surface area contributed by atoms with Crippen molar-refractivity contribution in [2.75, 3.05) is 25.9 Å². The van der Waals surface area contributed by atoms with Gasteiger partial charge in [-0.15, -0.1) is 11.8 Å².